The zero-order chi connectivity index (χ0) is 19.5. The fraction of sp³-hybridized carbons (Fsp3) is 0.261. The summed E-state index contributed by atoms with van der Waals surface area (Å²) in [4.78, 5) is 32.0. The number of aryl methyl sites for hydroxylation is 1. The van der Waals surface area contributed by atoms with E-state index >= 15 is 0 Å². The Morgan fingerprint density at radius 2 is 1.82 bits per heavy atom. The Hall–Kier alpha value is -3.21. The normalized spacial score (nSPS) is 16.8. The molecule has 0 bridgehead atoms. The molecule has 1 aromatic heterocycles. The molecule has 142 valence electrons. The number of likely N-dealkylation sites (tertiary alicyclic amines) is 1. The second-order valence-corrected chi connectivity index (χ2v) is 7.27. The lowest BCUT2D eigenvalue weighted by atomic mass is 9.95. The third kappa shape index (κ3) is 3.74. The lowest BCUT2D eigenvalue weighted by Crippen LogP contribution is -2.43. The summed E-state index contributed by atoms with van der Waals surface area (Å²) in [6, 6.07) is 19.2. The van der Waals surface area contributed by atoms with Crippen molar-refractivity contribution in [2.75, 3.05) is 18.4 Å². The van der Waals surface area contributed by atoms with Gasteiger partial charge in [0.05, 0.1) is 5.92 Å². The molecule has 0 aliphatic carbocycles. The molecule has 3 aromatic rings. The molecule has 2 amide bonds. The summed E-state index contributed by atoms with van der Waals surface area (Å²) < 4.78 is 0. The number of pyridine rings is 1. The number of rotatable bonds is 3. The first-order valence-corrected chi connectivity index (χ1v) is 9.63. The fourth-order valence-corrected chi connectivity index (χ4v) is 3.80. The molecule has 0 radical (unpaired) electrons. The van der Waals surface area contributed by atoms with E-state index in [-0.39, 0.29) is 17.7 Å². The van der Waals surface area contributed by atoms with E-state index in [0.29, 0.717) is 24.5 Å². The summed E-state index contributed by atoms with van der Waals surface area (Å²) in [6.07, 6.45) is 1.59. The lowest BCUT2D eigenvalue weighted by Gasteiger charge is -2.32. The highest BCUT2D eigenvalue weighted by Gasteiger charge is 2.29. The minimum atomic E-state index is -0.227. The standard InChI is InChI=1S/C23H23N3O2/c1-16-7-4-13-21(24-16)25-22(27)18-10-6-14-26(15-18)23(28)20-12-5-9-17-8-2-3-11-19(17)20/h2-5,7-9,11-13,18H,6,10,14-15H2,1H3,(H,24,25,27)/t18-/m0/s1. The van der Waals surface area contributed by atoms with E-state index in [1.54, 1.807) is 11.0 Å². The monoisotopic (exact) mass is 373 g/mol. The molecule has 1 saturated heterocycles. The van der Waals surface area contributed by atoms with Gasteiger partial charge in [-0.3, -0.25) is 9.59 Å². The van der Waals surface area contributed by atoms with Gasteiger partial charge in [-0.05, 0) is 48.7 Å². The molecule has 28 heavy (non-hydrogen) atoms. The summed E-state index contributed by atoms with van der Waals surface area (Å²) in [7, 11) is 0. The molecular weight excluding hydrogens is 350 g/mol. The third-order valence-electron chi connectivity index (χ3n) is 5.24. The number of piperidine rings is 1. The Bertz CT molecular complexity index is 1030. The Morgan fingerprint density at radius 1 is 1.04 bits per heavy atom. The Labute approximate surface area is 164 Å². The van der Waals surface area contributed by atoms with Gasteiger partial charge in [-0.1, -0.05) is 42.5 Å². The van der Waals surface area contributed by atoms with Crippen LogP contribution in [0.5, 0.6) is 0 Å². The third-order valence-corrected chi connectivity index (χ3v) is 5.24. The molecule has 1 aliphatic rings. The molecule has 0 unspecified atom stereocenters. The maximum absolute atomic E-state index is 13.2. The van der Waals surface area contributed by atoms with Crippen LogP contribution < -0.4 is 5.32 Å². The first-order chi connectivity index (χ1) is 13.6. The van der Waals surface area contributed by atoms with E-state index < -0.39 is 0 Å². The first-order valence-electron chi connectivity index (χ1n) is 9.63. The highest BCUT2D eigenvalue weighted by atomic mass is 16.2. The number of hydrogen-bond donors (Lipinski definition) is 1. The van der Waals surface area contributed by atoms with Crippen LogP contribution in [0.3, 0.4) is 0 Å². The smallest absolute Gasteiger partial charge is 0.254 e. The van der Waals surface area contributed by atoms with Gasteiger partial charge in [0.1, 0.15) is 5.82 Å². The number of nitrogens with one attached hydrogen (secondary N) is 1. The quantitative estimate of drug-likeness (QED) is 0.754. The van der Waals surface area contributed by atoms with Crippen molar-refractivity contribution in [3.05, 3.63) is 71.9 Å². The van der Waals surface area contributed by atoms with Crippen molar-refractivity contribution in [1.29, 1.82) is 0 Å². The number of benzene rings is 2. The molecule has 2 aromatic carbocycles. The van der Waals surface area contributed by atoms with Crippen molar-refractivity contribution in [2.24, 2.45) is 5.92 Å². The van der Waals surface area contributed by atoms with Gasteiger partial charge < -0.3 is 10.2 Å². The van der Waals surface area contributed by atoms with Crippen LogP contribution in [0.15, 0.2) is 60.7 Å². The van der Waals surface area contributed by atoms with Crippen LogP contribution in [-0.4, -0.2) is 34.8 Å². The topological polar surface area (TPSA) is 62.3 Å². The molecule has 0 saturated carbocycles. The van der Waals surface area contributed by atoms with E-state index in [1.165, 1.54) is 0 Å². The minimum absolute atomic E-state index is 0.0111. The SMILES string of the molecule is Cc1cccc(NC(=O)[C@H]2CCCN(C(=O)c3cccc4ccccc34)C2)n1. The summed E-state index contributed by atoms with van der Waals surface area (Å²) in [5.74, 6) is 0.244. The highest BCUT2D eigenvalue weighted by Crippen LogP contribution is 2.24. The van der Waals surface area contributed by atoms with Crippen molar-refractivity contribution in [3.63, 3.8) is 0 Å². The van der Waals surface area contributed by atoms with Gasteiger partial charge >= 0.3 is 0 Å². The van der Waals surface area contributed by atoms with Crippen LogP contribution in [0.25, 0.3) is 10.8 Å². The zero-order valence-electron chi connectivity index (χ0n) is 15.9. The predicted molar refractivity (Wildman–Crippen MR) is 110 cm³/mol. The summed E-state index contributed by atoms with van der Waals surface area (Å²) in [6.45, 7) is 3.00. The van der Waals surface area contributed by atoms with Crippen molar-refractivity contribution in [2.45, 2.75) is 19.8 Å². The Morgan fingerprint density at radius 3 is 2.68 bits per heavy atom. The average molecular weight is 373 g/mol. The summed E-state index contributed by atoms with van der Waals surface area (Å²) >= 11 is 0. The van der Waals surface area contributed by atoms with Crippen LogP contribution >= 0.6 is 0 Å². The zero-order valence-corrected chi connectivity index (χ0v) is 15.9. The Kier molecular flexibility index (Phi) is 5.06. The van der Waals surface area contributed by atoms with E-state index in [4.69, 9.17) is 0 Å². The number of carbonyl (C=O) groups is 2. The molecule has 5 nitrogen and oxygen atoms in total. The number of fused-ring (bicyclic) bond motifs is 1. The van der Waals surface area contributed by atoms with Gasteiger partial charge in [0.25, 0.3) is 5.91 Å². The minimum Gasteiger partial charge on any atom is -0.338 e. The van der Waals surface area contributed by atoms with E-state index in [0.717, 1.165) is 29.3 Å². The van der Waals surface area contributed by atoms with Crippen LogP contribution in [-0.2, 0) is 4.79 Å². The number of hydrogen-bond acceptors (Lipinski definition) is 3. The highest BCUT2D eigenvalue weighted by molar-refractivity contribution is 6.07. The van der Waals surface area contributed by atoms with Crippen molar-refractivity contribution in [1.82, 2.24) is 9.88 Å². The van der Waals surface area contributed by atoms with Crippen LogP contribution in [0.2, 0.25) is 0 Å². The van der Waals surface area contributed by atoms with E-state index in [2.05, 4.69) is 10.3 Å². The van der Waals surface area contributed by atoms with Crippen LogP contribution in [0, 0.1) is 12.8 Å². The second-order valence-electron chi connectivity index (χ2n) is 7.27. The van der Waals surface area contributed by atoms with Gasteiger partial charge in [0.2, 0.25) is 5.91 Å². The van der Waals surface area contributed by atoms with Crippen molar-refractivity contribution < 1.29 is 9.59 Å². The molecular formula is C23H23N3O2. The van der Waals surface area contributed by atoms with E-state index in [1.807, 2.05) is 61.5 Å². The van der Waals surface area contributed by atoms with Crippen LogP contribution in [0.1, 0.15) is 28.9 Å². The van der Waals surface area contributed by atoms with E-state index in [9.17, 15) is 9.59 Å². The molecule has 0 spiro atoms. The van der Waals surface area contributed by atoms with Gasteiger partial charge in [-0.25, -0.2) is 4.98 Å². The van der Waals surface area contributed by atoms with Crippen molar-refractivity contribution in [3.8, 4) is 0 Å². The number of aromatic nitrogens is 1. The van der Waals surface area contributed by atoms with Crippen molar-refractivity contribution >= 4 is 28.4 Å². The number of nitrogens with zero attached hydrogens (tertiary/aromatic N) is 2. The molecule has 1 fully saturated rings. The van der Waals surface area contributed by atoms with Crippen LogP contribution in [0.4, 0.5) is 5.82 Å². The number of carbonyl (C=O) groups excluding carboxylic acids is 2. The summed E-state index contributed by atoms with van der Waals surface area (Å²) in [5, 5.41) is 4.89. The molecule has 2 heterocycles. The van der Waals surface area contributed by atoms with Gasteiger partial charge in [0, 0.05) is 24.3 Å². The first kappa shape index (κ1) is 18.2. The lowest BCUT2D eigenvalue weighted by molar-refractivity contribution is -0.121. The molecule has 1 aliphatic heterocycles. The number of anilines is 1. The molecule has 5 heteroatoms. The average Bonchev–Trinajstić information content (AvgIpc) is 2.73. The molecule has 4 rings (SSSR count). The van der Waals surface area contributed by atoms with Gasteiger partial charge in [-0.2, -0.15) is 0 Å². The second kappa shape index (κ2) is 7.80. The van der Waals surface area contributed by atoms with Gasteiger partial charge in [0.15, 0.2) is 0 Å². The summed E-state index contributed by atoms with van der Waals surface area (Å²) in [5.41, 5.74) is 1.55. The maximum atomic E-state index is 13.2. The predicted octanol–water partition coefficient (Wildman–Crippen LogP) is 4.03. The number of amides is 2. The molecule has 1 atom stereocenters. The molecule has 1 N–H and O–H groups in total. The fourth-order valence-electron chi connectivity index (χ4n) is 3.80. The Balaban J connectivity index is 1.50. The maximum Gasteiger partial charge on any atom is 0.254 e. The van der Waals surface area contributed by atoms with Gasteiger partial charge in [-0.15, -0.1) is 0 Å². The largest absolute Gasteiger partial charge is 0.338 e.